The van der Waals surface area contributed by atoms with Gasteiger partial charge in [0.15, 0.2) is 22.5 Å². The average molecular weight is 574 g/mol. The van der Waals surface area contributed by atoms with E-state index in [0.29, 0.717) is 27.1 Å². The van der Waals surface area contributed by atoms with Gasteiger partial charge in [0, 0.05) is 22.8 Å². The predicted octanol–water partition coefficient (Wildman–Crippen LogP) is 5.08. The van der Waals surface area contributed by atoms with E-state index < -0.39 is 29.8 Å². The number of hydrogen-bond acceptors (Lipinski definition) is 8. The zero-order chi connectivity index (χ0) is 27.6. The fraction of sp³-hybridized carbons (Fsp3) is 0.107. The monoisotopic (exact) mass is 573 g/mol. The van der Waals surface area contributed by atoms with Gasteiger partial charge in [0.05, 0.1) is 16.8 Å². The molecule has 0 unspecified atom stereocenters. The fourth-order valence-electron chi connectivity index (χ4n) is 4.07. The number of hydrogen-bond donors (Lipinski definition) is 2. The lowest BCUT2D eigenvalue weighted by molar-refractivity contribution is -0.120. The number of anilines is 3. The third-order valence-corrected chi connectivity index (χ3v) is 7.77. The van der Waals surface area contributed by atoms with E-state index in [1.165, 1.54) is 39.7 Å². The van der Waals surface area contributed by atoms with E-state index in [4.69, 9.17) is 4.74 Å². The highest BCUT2D eigenvalue weighted by Crippen LogP contribution is 2.30. The summed E-state index contributed by atoms with van der Waals surface area (Å²) in [5.74, 6) is -1.63. The van der Waals surface area contributed by atoms with Crippen molar-refractivity contribution in [1.82, 2.24) is 9.97 Å². The zero-order valence-corrected chi connectivity index (χ0v) is 22.2. The number of aromatic nitrogens is 2. The van der Waals surface area contributed by atoms with Gasteiger partial charge in [-0.1, -0.05) is 35.6 Å². The molecule has 0 radical (unpaired) electrons. The Hall–Kier alpha value is -4.52. The third-order valence-electron chi connectivity index (χ3n) is 6.13. The van der Waals surface area contributed by atoms with Crippen LogP contribution in [0.4, 0.5) is 20.3 Å². The SMILES string of the molecule is O=C(Nc1nc2ccccc2s1)c1ccc(N(Cc2ccc(F)cc2)C(=O)[C@H]2O[C@@H]2C(=O)Nc2nccs2)cc1. The van der Waals surface area contributed by atoms with Crippen molar-refractivity contribution in [3.05, 3.63) is 101 Å². The van der Waals surface area contributed by atoms with Crippen molar-refractivity contribution in [2.45, 2.75) is 18.8 Å². The first-order valence-corrected chi connectivity index (χ1v) is 13.8. The van der Waals surface area contributed by atoms with Crippen LogP contribution in [0.2, 0.25) is 0 Å². The van der Waals surface area contributed by atoms with Gasteiger partial charge >= 0.3 is 0 Å². The van der Waals surface area contributed by atoms with Gasteiger partial charge in [0.25, 0.3) is 17.7 Å². The van der Waals surface area contributed by atoms with E-state index in [1.807, 2.05) is 24.3 Å². The van der Waals surface area contributed by atoms with E-state index in [9.17, 15) is 18.8 Å². The normalized spacial score (nSPS) is 15.9. The van der Waals surface area contributed by atoms with Gasteiger partial charge in [0.2, 0.25) is 0 Å². The Kier molecular flexibility index (Phi) is 7.03. The van der Waals surface area contributed by atoms with Gasteiger partial charge in [-0.15, -0.1) is 11.3 Å². The molecular weight excluding hydrogens is 553 g/mol. The van der Waals surface area contributed by atoms with Crippen LogP contribution in [-0.2, 0) is 20.9 Å². The molecule has 200 valence electrons. The summed E-state index contributed by atoms with van der Waals surface area (Å²) >= 11 is 2.63. The molecule has 9 nitrogen and oxygen atoms in total. The van der Waals surface area contributed by atoms with Gasteiger partial charge in [-0.05, 0) is 54.1 Å². The van der Waals surface area contributed by atoms with Crippen molar-refractivity contribution in [2.24, 2.45) is 0 Å². The van der Waals surface area contributed by atoms with E-state index in [-0.39, 0.29) is 12.5 Å². The number of nitrogens with one attached hydrogen (secondary N) is 2. The Morgan fingerprint density at radius 2 is 1.70 bits per heavy atom. The molecule has 40 heavy (non-hydrogen) atoms. The molecule has 0 aliphatic carbocycles. The van der Waals surface area contributed by atoms with E-state index in [0.717, 1.165) is 10.2 Å². The number of benzene rings is 3. The van der Waals surface area contributed by atoms with Crippen LogP contribution in [0.25, 0.3) is 10.2 Å². The minimum absolute atomic E-state index is 0.108. The molecule has 12 heteroatoms. The number of rotatable bonds is 8. The number of carbonyl (C=O) groups excluding carboxylic acids is 3. The number of amides is 3. The minimum Gasteiger partial charge on any atom is -0.349 e. The largest absolute Gasteiger partial charge is 0.349 e. The van der Waals surface area contributed by atoms with Gasteiger partial charge < -0.3 is 9.64 Å². The first kappa shape index (κ1) is 25.7. The van der Waals surface area contributed by atoms with Crippen LogP contribution >= 0.6 is 22.7 Å². The molecular formula is C28H20FN5O4S2. The van der Waals surface area contributed by atoms with Crippen LogP contribution in [0.15, 0.2) is 84.4 Å². The van der Waals surface area contributed by atoms with E-state index in [2.05, 4.69) is 20.6 Å². The van der Waals surface area contributed by atoms with E-state index in [1.54, 1.807) is 48.0 Å². The molecule has 0 saturated carbocycles. The number of nitrogens with zero attached hydrogens (tertiary/aromatic N) is 3. The summed E-state index contributed by atoms with van der Waals surface area (Å²) in [5.41, 5.74) is 2.34. The summed E-state index contributed by atoms with van der Waals surface area (Å²) in [6, 6.07) is 19.9. The second-order valence-electron chi connectivity index (χ2n) is 8.84. The van der Waals surface area contributed by atoms with Crippen molar-refractivity contribution in [3.8, 4) is 0 Å². The van der Waals surface area contributed by atoms with E-state index >= 15 is 0 Å². The van der Waals surface area contributed by atoms with Gasteiger partial charge in [-0.2, -0.15) is 0 Å². The lowest BCUT2D eigenvalue weighted by Gasteiger charge is -2.23. The number of ether oxygens (including phenoxy) is 1. The standard InChI is InChI=1S/C28H20FN5O4S2/c29-18-9-5-16(6-10-18)15-34(26(37)23-22(38-23)25(36)33-27-30-13-14-39-27)19-11-7-17(8-12-19)24(35)32-28-31-20-3-1-2-4-21(20)40-28/h1-14,22-23H,15H2,(H,30,33,36)(H,31,32,35)/t22-,23-/m0/s1. The first-order valence-electron chi connectivity index (χ1n) is 12.1. The highest BCUT2D eigenvalue weighted by atomic mass is 32.1. The summed E-state index contributed by atoms with van der Waals surface area (Å²) < 4.78 is 19.9. The number of halogens is 1. The number of carbonyl (C=O) groups is 3. The Balaban J connectivity index is 1.19. The van der Waals surface area contributed by atoms with Crippen LogP contribution < -0.4 is 15.5 Å². The molecule has 3 amide bonds. The predicted molar refractivity (Wildman–Crippen MR) is 151 cm³/mol. The molecule has 2 N–H and O–H groups in total. The molecule has 1 aliphatic heterocycles. The summed E-state index contributed by atoms with van der Waals surface area (Å²) in [5, 5.41) is 8.06. The van der Waals surface area contributed by atoms with Crippen LogP contribution in [-0.4, -0.2) is 39.9 Å². The lowest BCUT2D eigenvalue weighted by atomic mass is 10.1. The fourth-order valence-corrected chi connectivity index (χ4v) is 5.46. The molecule has 0 bridgehead atoms. The highest BCUT2D eigenvalue weighted by Gasteiger charge is 2.52. The maximum absolute atomic E-state index is 13.5. The highest BCUT2D eigenvalue weighted by molar-refractivity contribution is 7.22. The number of fused-ring (bicyclic) bond motifs is 1. The topological polar surface area (TPSA) is 117 Å². The summed E-state index contributed by atoms with van der Waals surface area (Å²) in [4.78, 5) is 48.8. The Bertz CT molecular complexity index is 1660. The molecule has 3 aromatic carbocycles. The summed E-state index contributed by atoms with van der Waals surface area (Å²) in [7, 11) is 0. The second kappa shape index (κ2) is 10.9. The lowest BCUT2D eigenvalue weighted by Crippen LogP contribution is -2.36. The maximum atomic E-state index is 13.5. The van der Waals surface area contributed by atoms with Crippen LogP contribution in [0, 0.1) is 5.82 Å². The molecule has 1 aliphatic rings. The Morgan fingerprint density at radius 1 is 0.925 bits per heavy atom. The van der Waals surface area contributed by atoms with Crippen molar-refractivity contribution in [3.63, 3.8) is 0 Å². The molecule has 3 heterocycles. The smallest absolute Gasteiger partial charge is 0.259 e. The van der Waals surface area contributed by atoms with Crippen molar-refractivity contribution < 1.29 is 23.5 Å². The van der Waals surface area contributed by atoms with Crippen LogP contribution in [0.3, 0.4) is 0 Å². The van der Waals surface area contributed by atoms with Gasteiger partial charge in [-0.3, -0.25) is 25.0 Å². The Morgan fingerprint density at radius 3 is 2.42 bits per heavy atom. The van der Waals surface area contributed by atoms with Gasteiger partial charge in [0.1, 0.15) is 5.82 Å². The summed E-state index contributed by atoms with van der Waals surface area (Å²) in [6.07, 6.45) is -0.377. The van der Waals surface area contributed by atoms with Crippen molar-refractivity contribution in [2.75, 3.05) is 15.5 Å². The summed E-state index contributed by atoms with van der Waals surface area (Å²) in [6.45, 7) is 0.108. The number of epoxide rings is 1. The quantitative estimate of drug-likeness (QED) is 0.250. The molecule has 1 saturated heterocycles. The van der Waals surface area contributed by atoms with Crippen LogP contribution in [0.5, 0.6) is 0 Å². The second-order valence-corrected chi connectivity index (χ2v) is 10.8. The molecule has 2 atom stereocenters. The Labute approximate surface area is 235 Å². The van der Waals surface area contributed by atoms with Gasteiger partial charge in [-0.25, -0.2) is 14.4 Å². The molecule has 2 aromatic heterocycles. The average Bonchev–Trinajstić information content (AvgIpc) is 3.41. The maximum Gasteiger partial charge on any atom is 0.259 e. The molecule has 5 aromatic rings. The minimum atomic E-state index is -0.984. The van der Waals surface area contributed by atoms with Crippen LogP contribution in [0.1, 0.15) is 15.9 Å². The molecule has 0 spiro atoms. The molecule has 6 rings (SSSR count). The molecule has 1 fully saturated rings. The number of thiazole rings is 2. The zero-order valence-electron chi connectivity index (χ0n) is 20.6. The number of para-hydroxylation sites is 1. The van der Waals surface area contributed by atoms with Crippen molar-refractivity contribution in [1.29, 1.82) is 0 Å². The third kappa shape index (κ3) is 5.59. The van der Waals surface area contributed by atoms with Crippen molar-refractivity contribution >= 4 is 66.6 Å². The first-order chi connectivity index (χ1) is 19.4.